The highest BCUT2D eigenvalue weighted by Crippen LogP contribution is 2.37. The highest BCUT2D eigenvalue weighted by atomic mass is 32.2. The zero-order valence-corrected chi connectivity index (χ0v) is 13.1. The van der Waals surface area contributed by atoms with Crippen LogP contribution in [0.5, 0.6) is 0 Å². The summed E-state index contributed by atoms with van der Waals surface area (Å²) in [7, 11) is 0. The van der Waals surface area contributed by atoms with Crippen molar-refractivity contribution in [3.8, 4) is 0 Å². The van der Waals surface area contributed by atoms with Crippen LogP contribution in [-0.2, 0) is 0 Å². The third kappa shape index (κ3) is 3.88. The van der Waals surface area contributed by atoms with Crippen LogP contribution in [-0.4, -0.2) is 34.5 Å². The van der Waals surface area contributed by atoms with Crippen LogP contribution in [0.1, 0.15) is 43.5 Å². The number of amides is 1. The van der Waals surface area contributed by atoms with Crippen LogP contribution in [0.3, 0.4) is 0 Å². The second-order valence-corrected chi connectivity index (χ2v) is 7.12. The monoisotopic (exact) mass is 293 g/mol. The molecule has 0 spiro atoms. The summed E-state index contributed by atoms with van der Waals surface area (Å²) in [5, 5.41) is 6.33. The number of hydrogen-bond donors (Lipinski definition) is 2. The van der Waals surface area contributed by atoms with Crippen molar-refractivity contribution < 1.29 is 4.79 Å². The Balaban J connectivity index is 1.98. The van der Waals surface area contributed by atoms with E-state index in [1.165, 1.54) is 18.6 Å². The van der Waals surface area contributed by atoms with Gasteiger partial charge in [-0.15, -0.1) is 0 Å². The van der Waals surface area contributed by atoms with E-state index < -0.39 is 0 Å². The molecule has 1 fully saturated rings. The van der Waals surface area contributed by atoms with Crippen molar-refractivity contribution in [1.82, 2.24) is 10.3 Å². The van der Waals surface area contributed by atoms with E-state index >= 15 is 0 Å². The molecule has 2 heterocycles. The van der Waals surface area contributed by atoms with Crippen LogP contribution in [0.25, 0.3) is 0 Å². The third-order valence-corrected chi connectivity index (χ3v) is 5.09. The topological polar surface area (TPSA) is 54.0 Å². The fourth-order valence-corrected chi connectivity index (χ4v) is 3.57. The van der Waals surface area contributed by atoms with Gasteiger partial charge in [0.1, 0.15) is 0 Å². The van der Waals surface area contributed by atoms with Gasteiger partial charge in [-0.3, -0.25) is 9.78 Å². The Morgan fingerprint density at radius 3 is 3.10 bits per heavy atom. The molecule has 1 amide bonds. The zero-order chi connectivity index (χ0) is 14.4. The summed E-state index contributed by atoms with van der Waals surface area (Å²) in [5.41, 5.74) is 1.50. The lowest BCUT2D eigenvalue weighted by atomic mass is 10.1. The summed E-state index contributed by atoms with van der Waals surface area (Å²) in [4.78, 5) is 16.4. The Labute approximate surface area is 125 Å². The van der Waals surface area contributed by atoms with Gasteiger partial charge in [-0.1, -0.05) is 6.92 Å². The molecule has 0 aliphatic carbocycles. The quantitative estimate of drug-likeness (QED) is 0.847. The highest BCUT2D eigenvalue weighted by Gasteiger charge is 2.30. The van der Waals surface area contributed by atoms with Gasteiger partial charge in [-0.25, -0.2) is 0 Å². The summed E-state index contributed by atoms with van der Waals surface area (Å²) >= 11 is 1.95. The highest BCUT2D eigenvalue weighted by molar-refractivity contribution is 8.00. The molecule has 1 unspecified atom stereocenters. The molecule has 0 aromatic carbocycles. The molecule has 1 aromatic rings. The smallest absolute Gasteiger partial charge is 0.255 e. The van der Waals surface area contributed by atoms with E-state index in [0.717, 1.165) is 25.2 Å². The molecule has 1 aromatic heterocycles. The van der Waals surface area contributed by atoms with E-state index in [1.54, 1.807) is 12.4 Å². The van der Waals surface area contributed by atoms with Gasteiger partial charge in [-0.05, 0) is 38.0 Å². The molecular weight excluding hydrogens is 270 g/mol. The van der Waals surface area contributed by atoms with Gasteiger partial charge in [0.25, 0.3) is 5.91 Å². The van der Waals surface area contributed by atoms with Gasteiger partial charge >= 0.3 is 0 Å². The first-order chi connectivity index (χ1) is 9.64. The number of pyridine rings is 1. The van der Waals surface area contributed by atoms with Crippen LogP contribution < -0.4 is 10.6 Å². The van der Waals surface area contributed by atoms with Crippen molar-refractivity contribution in [2.45, 2.75) is 37.9 Å². The molecule has 1 saturated heterocycles. The average molecular weight is 293 g/mol. The number of aromatic nitrogens is 1. The second-order valence-electron chi connectivity index (χ2n) is 5.43. The largest absolute Gasteiger partial charge is 0.384 e. The third-order valence-electron chi connectivity index (χ3n) is 3.55. The Morgan fingerprint density at radius 1 is 1.55 bits per heavy atom. The van der Waals surface area contributed by atoms with Gasteiger partial charge < -0.3 is 10.6 Å². The molecule has 1 atom stereocenters. The first-order valence-electron chi connectivity index (χ1n) is 7.25. The maximum absolute atomic E-state index is 12.3. The molecule has 4 nitrogen and oxygen atoms in total. The standard InChI is InChI=1S/C15H23N3OS/c1-3-7-17-13-5-8-16-10-12(13)14(19)18-11-15(2)6-4-9-20-15/h5,8,10H,3-4,6-7,9,11H2,1-2H3,(H,16,17)(H,18,19). The molecular formula is C15H23N3OS. The molecule has 20 heavy (non-hydrogen) atoms. The summed E-state index contributed by atoms with van der Waals surface area (Å²) in [6.07, 6.45) is 6.79. The molecule has 0 bridgehead atoms. The van der Waals surface area contributed by atoms with E-state index in [1.807, 2.05) is 17.8 Å². The van der Waals surface area contributed by atoms with Crippen LogP contribution in [0.15, 0.2) is 18.5 Å². The van der Waals surface area contributed by atoms with Gasteiger partial charge in [0, 0.05) is 30.2 Å². The number of carbonyl (C=O) groups excluding carboxylic acids is 1. The number of thioether (sulfide) groups is 1. The fraction of sp³-hybridized carbons (Fsp3) is 0.600. The Morgan fingerprint density at radius 2 is 2.40 bits per heavy atom. The number of nitrogens with one attached hydrogen (secondary N) is 2. The van der Waals surface area contributed by atoms with Crippen molar-refractivity contribution in [3.05, 3.63) is 24.0 Å². The predicted octanol–water partition coefficient (Wildman–Crippen LogP) is 2.92. The maximum atomic E-state index is 12.3. The van der Waals surface area contributed by atoms with Crippen LogP contribution in [0.2, 0.25) is 0 Å². The SMILES string of the molecule is CCCNc1ccncc1C(=O)NCC1(C)CCCS1. The van der Waals surface area contributed by atoms with Crippen molar-refractivity contribution in [1.29, 1.82) is 0 Å². The van der Waals surface area contributed by atoms with Crippen LogP contribution in [0.4, 0.5) is 5.69 Å². The normalized spacial score (nSPS) is 21.7. The van der Waals surface area contributed by atoms with Crippen molar-refractivity contribution in [3.63, 3.8) is 0 Å². The predicted molar refractivity (Wildman–Crippen MR) is 85.4 cm³/mol. The Kier molecular flexibility index (Phi) is 5.29. The summed E-state index contributed by atoms with van der Waals surface area (Å²) in [5.74, 6) is 1.16. The van der Waals surface area contributed by atoms with Gasteiger partial charge in [-0.2, -0.15) is 11.8 Å². The van der Waals surface area contributed by atoms with Crippen molar-refractivity contribution >= 4 is 23.4 Å². The molecule has 2 rings (SSSR count). The molecule has 110 valence electrons. The van der Waals surface area contributed by atoms with E-state index in [4.69, 9.17) is 0 Å². The lowest BCUT2D eigenvalue weighted by Crippen LogP contribution is -2.37. The molecule has 1 aliphatic heterocycles. The lowest BCUT2D eigenvalue weighted by Gasteiger charge is -2.23. The zero-order valence-electron chi connectivity index (χ0n) is 12.2. The van der Waals surface area contributed by atoms with Gasteiger partial charge in [0.15, 0.2) is 0 Å². The van der Waals surface area contributed by atoms with Crippen molar-refractivity contribution in [2.75, 3.05) is 24.2 Å². The van der Waals surface area contributed by atoms with Crippen LogP contribution >= 0.6 is 11.8 Å². The average Bonchev–Trinajstić information content (AvgIpc) is 2.90. The van der Waals surface area contributed by atoms with Crippen molar-refractivity contribution in [2.24, 2.45) is 0 Å². The fourth-order valence-electron chi connectivity index (χ4n) is 2.33. The molecule has 0 saturated carbocycles. The summed E-state index contributed by atoms with van der Waals surface area (Å²) in [6.45, 7) is 5.91. The summed E-state index contributed by atoms with van der Waals surface area (Å²) < 4.78 is 0.189. The molecule has 1 aliphatic rings. The Bertz CT molecular complexity index is 458. The number of anilines is 1. The first kappa shape index (κ1) is 15.2. The van der Waals surface area contributed by atoms with Crippen LogP contribution in [0, 0.1) is 0 Å². The summed E-state index contributed by atoms with van der Waals surface area (Å²) in [6, 6.07) is 1.86. The van der Waals surface area contributed by atoms with E-state index in [2.05, 4.69) is 29.5 Å². The van der Waals surface area contributed by atoms with E-state index in [9.17, 15) is 4.79 Å². The number of hydrogen-bond acceptors (Lipinski definition) is 4. The second kappa shape index (κ2) is 6.97. The number of nitrogens with zero attached hydrogens (tertiary/aromatic N) is 1. The molecule has 0 radical (unpaired) electrons. The maximum Gasteiger partial charge on any atom is 0.255 e. The molecule has 2 N–H and O–H groups in total. The number of rotatable bonds is 6. The first-order valence-corrected chi connectivity index (χ1v) is 8.23. The minimum atomic E-state index is -0.0366. The minimum Gasteiger partial charge on any atom is -0.384 e. The van der Waals surface area contributed by atoms with E-state index in [-0.39, 0.29) is 10.7 Å². The molecule has 5 heteroatoms. The Hall–Kier alpha value is -1.23. The van der Waals surface area contributed by atoms with Gasteiger partial charge in [0.05, 0.1) is 11.3 Å². The van der Waals surface area contributed by atoms with E-state index in [0.29, 0.717) is 5.56 Å². The minimum absolute atomic E-state index is 0.0366. The lowest BCUT2D eigenvalue weighted by molar-refractivity contribution is 0.0950. The number of carbonyl (C=O) groups is 1. The van der Waals surface area contributed by atoms with Gasteiger partial charge in [0.2, 0.25) is 0 Å².